The predicted octanol–water partition coefficient (Wildman–Crippen LogP) is 2.17. The third kappa shape index (κ3) is 4.49. The summed E-state index contributed by atoms with van der Waals surface area (Å²) >= 11 is 0. The van der Waals surface area contributed by atoms with Crippen molar-refractivity contribution in [3.63, 3.8) is 0 Å². The van der Waals surface area contributed by atoms with Crippen molar-refractivity contribution in [3.05, 3.63) is 30.6 Å². The summed E-state index contributed by atoms with van der Waals surface area (Å²) in [5.74, 6) is 2.36. The monoisotopic (exact) mass is 340 g/mol. The average molecular weight is 340 g/mol. The van der Waals surface area contributed by atoms with Crippen molar-refractivity contribution in [3.8, 4) is 11.3 Å². The Morgan fingerprint density at radius 1 is 1.20 bits per heavy atom. The van der Waals surface area contributed by atoms with Crippen LogP contribution in [-0.2, 0) is 11.2 Å². The van der Waals surface area contributed by atoms with E-state index in [1.54, 1.807) is 13.3 Å². The van der Waals surface area contributed by atoms with Crippen LogP contribution in [0.4, 0.5) is 5.82 Å². The van der Waals surface area contributed by atoms with Crippen molar-refractivity contribution in [2.24, 2.45) is 5.92 Å². The van der Waals surface area contributed by atoms with Crippen LogP contribution in [0.15, 0.2) is 24.8 Å². The van der Waals surface area contributed by atoms with Gasteiger partial charge in [0.15, 0.2) is 0 Å². The van der Waals surface area contributed by atoms with Gasteiger partial charge in [-0.1, -0.05) is 0 Å². The third-order valence-corrected chi connectivity index (χ3v) is 4.56. The summed E-state index contributed by atoms with van der Waals surface area (Å²) in [5.41, 5.74) is 1.70. The molecule has 1 amide bonds. The van der Waals surface area contributed by atoms with Crippen molar-refractivity contribution in [2.75, 3.05) is 25.0 Å². The number of carbonyl (C=O) groups excluding carboxylic acids is 1. The summed E-state index contributed by atoms with van der Waals surface area (Å²) in [6, 6.07) is 1.90. The van der Waals surface area contributed by atoms with Crippen molar-refractivity contribution in [1.29, 1.82) is 0 Å². The quantitative estimate of drug-likeness (QED) is 0.898. The number of rotatable bonds is 5. The molecule has 0 bridgehead atoms. The molecule has 1 saturated heterocycles. The first-order chi connectivity index (χ1) is 12.2. The molecule has 1 aliphatic heterocycles. The molecule has 0 aromatic carbocycles. The summed E-state index contributed by atoms with van der Waals surface area (Å²) in [6.45, 7) is 6.16. The van der Waals surface area contributed by atoms with Crippen LogP contribution in [0.1, 0.15) is 32.5 Å². The van der Waals surface area contributed by atoms with Gasteiger partial charge in [-0.15, -0.1) is 0 Å². The minimum absolute atomic E-state index is 0.167. The molecule has 0 atom stereocenters. The number of aromatic nitrogens is 4. The van der Waals surface area contributed by atoms with E-state index in [1.807, 2.05) is 30.3 Å². The van der Waals surface area contributed by atoms with E-state index in [2.05, 4.69) is 25.3 Å². The van der Waals surface area contributed by atoms with Gasteiger partial charge in [-0.2, -0.15) is 0 Å². The number of anilines is 1. The van der Waals surface area contributed by atoms with Crippen LogP contribution in [0.25, 0.3) is 11.3 Å². The van der Waals surface area contributed by atoms with E-state index in [-0.39, 0.29) is 5.91 Å². The topological polar surface area (TPSA) is 83.9 Å². The molecule has 1 N–H and O–H groups in total. The van der Waals surface area contributed by atoms with Crippen molar-refractivity contribution >= 4 is 11.7 Å². The summed E-state index contributed by atoms with van der Waals surface area (Å²) in [7, 11) is 0. The highest BCUT2D eigenvalue weighted by Crippen LogP contribution is 2.21. The summed E-state index contributed by atoms with van der Waals surface area (Å²) in [6.07, 6.45) is 8.09. The Morgan fingerprint density at radius 3 is 2.56 bits per heavy atom. The lowest BCUT2D eigenvalue weighted by atomic mass is 9.93. The normalized spacial score (nSPS) is 15.2. The molecule has 132 valence electrons. The molecular weight excluding hydrogens is 316 g/mol. The first kappa shape index (κ1) is 17.3. The Kier molecular flexibility index (Phi) is 5.53. The van der Waals surface area contributed by atoms with E-state index in [1.165, 1.54) is 0 Å². The number of amides is 1. The molecule has 0 radical (unpaired) electrons. The fraction of sp³-hybridized carbons (Fsp3) is 0.500. The molecule has 0 spiro atoms. The van der Waals surface area contributed by atoms with Gasteiger partial charge in [-0.05, 0) is 25.7 Å². The van der Waals surface area contributed by atoms with Crippen LogP contribution in [-0.4, -0.2) is 50.4 Å². The average Bonchev–Trinajstić information content (AvgIpc) is 2.63. The van der Waals surface area contributed by atoms with Gasteiger partial charge in [0.05, 0.1) is 5.69 Å². The zero-order valence-electron chi connectivity index (χ0n) is 14.8. The first-order valence-corrected chi connectivity index (χ1v) is 8.78. The number of carbonyl (C=O) groups is 1. The fourth-order valence-corrected chi connectivity index (χ4v) is 3.10. The van der Waals surface area contributed by atoms with E-state index in [9.17, 15) is 4.79 Å². The van der Waals surface area contributed by atoms with Crippen molar-refractivity contribution < 1.29 is 4.79 Å². The third-order valence-electron chi connectivity index (χ3n) is 4.56. The second-order valence-corrected chi connectivity index (χ2v) is 6.36. The van der Waals surface area contributed by atoms with Crippen LogP contribution >= 0.6 is 0 Å². The number of likely N-dealkylation sites (tertiary alicyclic amines) is 1. The summed E-state index contributed by atoms with van der Waals surface area (Å²) < 4.78 is 0. The molecule has 1 aliphatic rings. The standard InChI is InChI=1S/C18H24N6O/c1-3-19-18-9-16(22-12-23-18)15-10-20-17(21-11-15)8-14-4-6-24(7-5-14)13(2)25/h9-12,14H,3-8H2,1-2H3,(H,19,22,23). The fourth-order valence-electron chi connectivity index (χ4n) is 3.10. The zero-order chi connectivity index (χ0) is 17.6. The Hall–Kier alpha value is -2.57. The molecule has 0 unspecified atom stereocenters. The molecule has 0 saturated carbocycles. The van der Waals surface area contributed by atoms with Gasteiger partial charge < -0.3 is 10.2 Å². The van der Waals surface area contributed by atoms with Gasteiger partial charge in [-0.3, -0.25) is 4.79 Å². The van der Waals surface area contributed by atoms with Crippen molar-refractivity contribution in [2.45, 2.75) is 33.1 Å². The van der Waals surface area contributed by atoms with Crippen LogP contribution in [0.3, 0.4) is 0 Å². The lowest BCUT2D eigenvalue weighted by Gasteiger charge is -2.30. The molecule has 7 heteroatoms. The summed E-state index contributed by atoms with van der Waals surface area (Å²) in [5, 5.41) is 3.17. The SMILES string of the molecule is CCNc1cc(-c2cnc(CC3CCN(C(C)=O)CC3)nc2)ncn1. The Labute approximate surface area is 147 Å². The molecule has 0 aliphatic carbocycles. The maximum Gasteiger partial charge on any atom is 0.219 e. The number of nitrogens with zero attached hydrogens (tertiary/aromatic N) is 5. The van der Waals surface area contributed by atoms with E-state index >= 15 is 0 Å². The second kappa shape index (κ2) is 8.00. The van der Waals surface area contributed by atoms with Gasteiger partial charge in [0, 0.05) is 57.0 Å². The van der Waals surface area contributed by atoms with E-state index in [0.29, 0.717) is 5.92 Å². The number of nitrogens with one attached hydrogen (secondary N) is 1. The van der Waals surface area contributed by atoms with Gasteiger partial charge in [0.2, 0.25) is 5.91 Å². The Morgan fingerprint density at radius 2 is 1.92 bits per heavy atom. The second-order valence-electron chi connectivity index (χ2n) is 6.36. The smallest absolute Gasteiger partial charge is 0.219 e. The molecule has 7 nitrogen and oxygen atoms in total. The number of hydrogen-bond donors (Lipinski definition) is 1. The zero-order valence-corrected chi connectivity index (χ0v) is 14.8. The largest absolute Gasteiger partial charge is 0.370 e. The first-order valence-electron chi connectivity index (χ1n) is 8.78. The summed E-state index contributed by atoms with van der Waals surface area (Å²) in [4.78, 5) is 30.8. The van der Waals surface area contributed by atoms with Gasteiger partial charge in [0.1, 0.15) is 18.0 Å². The molecule has 2 aromatic rings. The highest BCUT2D eigenvalue weighted by atomic mass is 16.2. The molecule has 3 rings (SSSR count). The molecular formula is C18H24N6O. The van der Waals surface area contributed by atoms with Crippen LogP contribution in [0, 0.1) is 5.92 Å². The molecule has 2 aromatic heterocycles. The Balaban J connectivity index is 1.61. The van der Waals surface area contributed by atoms with Gasteiger partial charge >= 0.3 is 0 Å². The van der Waals surface area contributed by atoms with Crippen LogP contribution in [0.5, 0.6) is 0 Å². The number of piperidine rings is 1. The predicted molar refractivity (Wildman–Crippen MR) is 95.9 cm³/mol. The molecule has 3 heterocycles. The van der Waals surface area contributed by atoms with Gasteiger partial charge in [-0.25, -0.2) is 19.9 Å². The number of hydrogen-bond acceptors (Lipinski definition) is 6. The maximum absolute atomic E-state index is 11.4. The molecule has 1 fully saturated rings. The van der Waals surface area contributed by atoms with E-state index < -0.39 is 0 Å². The minimum atomic E-state index is 0.167. The highest BCUT2D eigenvalue weighted by molar-refractivity contribution is 5.73. The van der Waals surface area contributed by atoms with Crippen LogP contribution < -0.4 is 5.32 Å². The Bertz CT molecular complexity index is 710. The highest BCUT2D eigenvalue weighted by Gasteiger charge is 2.21. The van der Waals surface area contributed by atoms with E-state index in [0.717, 1.165) is 61.8 Å². The molecule has 25 heavy (non-hydrogen) atoms. The lowest BCUT2D eigenvalue weighted by Crippen LogP contribution is -2.37. The maximum atomic E-state index is 11.4. The van der Waals surface area contributed by atoms with Crippen LogP contribution in [0.2, 0.25) is 0 Å². The van der Waals surface area contributed by atoms with Gasteiger partial charge in [0.25, 0.3) is 0 Å². The lowest BCUT2D eigenvalue weighted by molar-refractivity contribution is -0.130. The minimum Gasteiger partial charge on any atom is -0.370 e. The van der Waals surface area contributed by atoms with Crippen molar-refractivity contribution in [1.82, 2.24) is 24.8 Å². The van der Waals surface area contributed by atoms with E-state index in [4.69, 9.17) is 0 Å².